The molecule has 0 aliphatic carbocycles. The van der Waals surface area contributed by atoms with Gasteiger partial charge in [0.1, 0.15) is 6.17 Å². The van der Waals surface area contributed by atoms with Gasteiger partial charge in [0.2, 0.25) is 0 Å². The lowest BCUT2D eigenvalue weighted by molar-refractivity contribution is -0.137. The van der Waals surface area contributed by atoms with E-state index < -0.39 is 5.97 Å². The quantitative estimate of drug-likeness (QED) is 0.801. The summed E-state index contributed by atoms with van der Waals surface area (Å²) in [4.78, 5) is 23.5. The Hall–Kier alpha value is -1.18. The maximum absolute atomic E-state index is 10.6. The van der Waals surface area contributed by atoms with Gasteiger partial charge in [0.15, 0.2) is 5.13 Å². The second-order valence-electron chi connectivity index (χ2n) is 4.55. The molecule has 6 nitrogen and oxygen atoms in total. The first-order chi connectivity index (χ1) is 9.11. The Balaban J connectivity index is 2.02. The first-order valence-corrected chi connectivity index (χ1v) is 7.13. The fourth-order valence-corrected chi connectivity index (χ4v) is 3.23. The van der Waals surface area contributed by atoms with Gasteiger partial charge in [0.25, 0.3) is 0 Å². The van der Waals surface area contributed by atoms with Crippen molar-refractivity contribution in [2.75, 3.05) is 25.6 Å². The smallest absolute Gasteiger partial charge is 0.303 e. The standard InChI is InChI=1S/C12H19N3O3S/c1-14(18-2)10-4-3-7-15(10)12-13-8-9(19-12)5-6-11(16)17/h8,10H,3-7H2,1-2H3,(H,16,17). The minimum Gasteiger partial charge on any atom is -0.481 e. The number of carboxylic acids is 1. The van der Waals surface area contributed by atoms with E-state index in [1.54, 1.807) is 24.6 Å². The SMILES string of the molecule is CON(C)C1CCCN1c1ncc(CCC(=O)O)s1. The molecule has 1 saturated heterocycles. The van der Waals surface area contributed by atoms with Gasteiger partial charge in [0.05, 0.1) is 13.5 Å². The topological polar surface area (TPSA) is 65.9 Å². The summed E-state index contributed by atoms with van der Waals surface area (Å²) in [6.07, 6.45) is 4.86. The number of hydrogen-bond donors (Lipinski definition) is 1. The monoisotopic (exact) mass is 285 g/mol. The Morgan fingerprint density at radius 3 is 3.21 bits per heavy atom. The summed E-state index contributed by atoms with van der Waals surface area (Å²) in [6, 6.07) is 0. The van der Waals surface area contributed by atoms with Crippen LogP contribution in [0, 0.1) is 0 Å². The summed E-state index contributed by atoms with van der Waals surface area (Å²) in [5, 5.41) is 11.5. The Kier molecular flexibility index (Phi) is 4.73. The highest BCUT2D eigenvalue weighted by atomic mass is 32.1. The summed E-state index contributed by atoms with van der Waals surface area (Å²) < 4.78 is 0. The molecule has 1 atom stereocenters. The van der Waals surface area contributed by atoms with Gasteiger partial charge in [-0.1, -0.05) is 0 Å². The first-order valence-electron chi connectivity index (χ1n) is 6.32. The van der Waals surface area contributed by atoms with E-state index in [2.05, 4.69) is 9.88 Å². The molecule has 0 bridgehead atoms. The molecule has 0 saturated carbocycles. The van der Waals surface area contributed by atoms with E-state index >= 15 is 0 Å². The summed E-state index contributed by atoms with van der Waals surface area (Å²) in [5.41, 5.74) is 0. The largest absolute Gasteiger partial charge is 0.481 e. The van der Waals surface area contributed by atoms with E-state index in [0.29, 0.717) is 6.42 Å². The Morgan fingerprint density at radius 2 is 2.53 bits per heavy atom. The van der Waals surface area contributed by atoms with Crippen molar-refractivity contribution >= 4 is 22.4 Å². The van der Waals surface area contributed by atoms with Crippen LogP contribution in [-0.4, -0.2) is 48.0 Å². The van der Waals surface area contributed by atoms with Gasteiger partial charge in [-0.15, -0.1) is 11.3 Å². The number of aryl methyl sites for hydroxylation is 1. The number of thiazole rings is 1. The molecule has 2 rings (SSSR count). The van der Waals surface area contributed by atoms with Gasteiger partial charge < -0.3 is 14.8 Å². The first kappa shape index (κ1) is 14.2. The summed E-state index contributed by atoms with van der Waals surface area (Å²) in [5.74, 6) is -0.770. The summed E-state index contributed by atoms with van der Waals surface area (Å²) in [6.45, 7) is 0.963. The zero-order valence-electron chi connectivity index (χ0n) is 11.2. The van der Waals surface area contributed by atoms with Crippen LogP contribution in [0.15, 0.2) is 6.20 Å². The van der Waals surface area contributed by atoms with E-state index in [-0.39, 0.29) is 12.6 Å². The number of hydroxylamine groups is 2. The number of hydrogen-bond acceptors (Lipinski definition) is 6. The maximum Gasteiger partial charge on any atom is 0.303 e. The van der Waals surface area contributed by atoms with E-state index in [1.165, 1.54) is 0 Å². The molecule has 1 aromatic rings. The molecule has 0 amide bonds. The lowest BCUT2D eigenvalue weighted by atomic mass is 10.3. The van der Waals surface area contributed by atoms with E-state index in [1.807, 2.05) is 12.1 Å². The number of nitrogens with zero attached hydrogens (tertiary/aromatic N) is 3. The van der Waals surface area contributed by atoms with Crippen LogP contribution in [0.4, 0.5) is 5.13 Å². The number of anilines is 1. The predicted molar refractivity (Wildman–Crippen MR) is 73.2 cm³/mol. The Labute approximate surface area is 116 Å². The van der Waals surface area contributed by atoms with Crippen molar-refractivity contribution in [3.05, 3.63) is 11.1 Å². The van der Waals surface area contributed by atoms with Crippen molar-refractivity contribution in [2.45, 2.75) is 31.8 Å². The zero-order valence-corrected chi connectivity index (χ0v) is 12.0. The van der Waals surface area contributed by atoms with Crippen LogP contribution in [-0.2, 0) is 16.1 Å². The van der Waals surface area contributed by atoms with Crippen molar-refractivity contribution in [2.24, 2.45) is 0 Å². The molecule has 0 radical (unpaired) electrons. The minimum absolute atomic E-state index is 0.156. The van der Waals surface area contributed by atoms with Gasteiger partial charge in [-0.3, -0.25) is 4.79 Å². The molecule has 19 heavy (non-hydrogen) atoms. The van der Waals surface area contributed by atoms with Crippen LogP contribution in [0.1, 0.15) is 24.1 Å². The second-order valence-corrected chi connectivity index (χ2v) is 5.64. The van der Waals surface area contributed by atoms with Gasteiger partial charge in [-0.25, -0.2) is 4.98 Å². The fourth-order valence-electron chi connectivity index (χ4n) is 2.25. The normalized spacial score (nSPS) is 19.3. The number of aromatic nitrogens is 1. The van der Waals surface area contributed by atoms with Gasteiger partial charge in [-0.2, -0.15) is 5.06 Å². The summed E-state index contributed by atoms with van der Waals surface area (Å²) in [7, 11) is 3.58. The Bertz CT molecular complexity index is 438. The average molecular weight is 285 g/mol. The lowest BCUT2D eigenvalue weighted by Crippen LogP contribution is -2.41. The molecule has 1 N–H and O–H groups in total. The van der Waals surface area contributed by atoms with Crippen LogP contribution in [0.3, 0.4) is 0 Å². The third kappa shape index (κ3) is 3.43. The number of carbonyl (C=O) groups is 1. The van der Waals surface area contributed by atoms with Gasteiger partial charge in [-0.05, 0) is 19.3 Å². The molecule has 2 heterocycles. The van der Waals surface area contributed by atoms with Crippen molar-refractivity contribution in [1.29, 1.82) is 0 Å². The molecule has 1 aliphatic heterocycles. The molecular weight excluding hydrogens is 266 g/mol. The third-order valence-corrected chi connectivity index (χ3v) is 4.40. The number of rotatable bonds is 6. The van der Waals surface area contributed by atoms with Crippen LogP contribution >= 0.6 is 11.3 Å². The highest BCUT2D eigenvalue weighted by molar-refractivity contribution is 7.15. The van der Waals surface area contributed by atoms with Crippen LogP contribution in [0.25, 0.3) is 0 Å². The molecule has 106 valence electrons. The number of carboxylic acid groups (broad SMARTS) is 1. The molecule has 1 unspecified atom stereocenters. The third-order valence-electron chi connectivity index (χ3n) is 3.30. The molecular formula is C12H19N3O3S. The molecule has 1 aromatic heterocycles. The molecule has 0 spiro atoms. The van der Waals surface area contributed by atoms with Gasteiger partial charge >= 0.3 is 5.97 Å². The summed E-state index contributed by atoms with van der Waals surface area (Å²) >= 11 is 1.57. The van der Waals surface area contributed by atoms with Crippen molar-refractivity contribution in [3.8, 4) is 0 Å². The lowest BCUT2D eigenvalue weighted by Gasteiger charge is -2.30. The zero-order chi connectivity index (χ0) is 13.8. The minimum atomic E-state index is -0.770. The molecule has 0 aromatic carbocycles. The van der Waals surface area contributed by atoms with Gasteiger partial charge in [0, 0.05) is 24.7 Å². The van der Waals surface area contributed by atoms with E-state index in [9.17, 15) is 4.79 Å². The van der Waals surface area contributed by atoms with E-state index in [4.69, 9.17) is 9.94 Å². The van der Waals surface area contributed by atoms with Crippen molar-refractivity contribution < 1.29 is 14.7 Å². The molecule has 7 heteroatoms. The van der Waals surface area contributed by atoms with Crippen LogP contribution < -0.4 is 4.90 Å². The molecule has 1 fully saturated rings. The average Bonchev–Trinajstić information content (AvgIpc) is 3.03. The van der Waals surface area contributed by atoms with Crippen molar-refractivity contribution in [1.82, 2.24) is 10.0 Å². The fraction of sp³-hybridized carbons (Fsp3) is 0.667. The maximum atomic E-state index is 10.6. The van der Waals surface area contributed by atoms with Crippen molar-refractivity contribution in [3.63, 3.8) is 0 Å². The second kappa shape index (κ2) is 6.31. The van der Waals surface area contributed by atoms with E-state index in [0.717, 1.165) is 29.4 Å². The predicted octanol–water partition coefficient (Wildman–Crippen LogP) is 1.58. The molecule has 1 aliphatic rings. The highest BCUT2D eigenvalue weighted by Gasteiger charge is 2.30. The Morgan fingerprint density at radius 1 is 1.74 bits per heavy atom. The van der Waals surface area contributed by atoms with Crippen LogP contribution in [0.2, 0.25) is 0 Å². The van der Waals surface area contributed by atoms with Crippen LogP contribution in [0.5, 0.6) is 0 Å². The highest BCUT2D eigenvalue weighted by Crippen LogP contribution is 2.31. The number of aliphatic carboxylic acids is 1.